The summed E-state index contributed by atoms with van der Waals surface area (Å²) in [6.45, 7) is 2.00. The van der Waals surface area contributed by atoms with Crippen LogP contribution in [0.3, 0.4) is 0 Å². The molecule has 5 N–H and O–H groups in total. The number of hydrogen-bond acceptors (Lipinski definition) is 6. The summed E-state index contributed by atoms with van der Waals surface area (Å²) in [5, 5.41) is 42.3. The van der Waals surface area contributed by atoms with Crippen LogP contribution in [0.4, 0.5) is 17.1 Å². The maximum Gasteiger partial charge on any atom is 0.195 e. The molecule has 1 aliphatic carbocycles. The van der Waals surface area contributed by atoms with Gasteiger partial charge in [0.1, 0.15) is 5.69 Å². The summed E-state index contributed by atoms with van der Waals surface area (Å²) in [4.78, 5) is 0. The van der Waals surface area contributed by atoms with Gasteiger partial charge in [-0.1, -0.05) is 18.2 Å². The van der Waals surface area contributed by atoms with Crippen LogP contribution in [0.25, 0.3) is 0 Å². The molecule has 2 atom stereocenters. The van der Waals surface area contributed by atoms with E-state index in [4.69, 9.17) is 5.21 Å². The van der Waals surface area contributed by atoms with Crippen LogP contribution in [0.1, 0.15) is 16.7 Å². The molecule has 0 saturated heterocycles. The van der Waals surface area contributed by atoms with Crippen molar-refractivity contribution < 1.29 is 20.9 Å². The van der Waals surface area contributed by atoms with Crippen LogP contribution < -0.4 is 15.9 Å². The van der Waals surface area contributed by atoms with Crippen molar-refractivity contribution in [2.75, 3.05) is 5.43 Å². The quantitative estimate of drug-likeness (QED) is 0.515. The molecule has 8 heteroatoms. The van der Waals surface area contributed by atoms with Gasteiger partial charge in [0.15, 0.2) is 11.4 Å². The third-order valence-corrected chi connectivity index (χ3v) is 3.81. The van der Waals surface area contributed by atoms with E-state index in [2.05, 4.69) is 10.5 Å². The Kier molecular flexibility index (Phi) is 4.09. The van der Waals surface area contributed by atoms with Crippen molar-refractivity contribution in [2.45, 2.75) is 13.3 Å². The van der Waals surface area contributed by atoms with E-state index in [0.29, 0.717) is 0 Å². The lowest BCUT2D eigenvalue weighted by Gasteiger charge is -2.24. The fourth-order valence-corrected chi connectivity index (χ4v) is 2.63. The van der Waals surface area contributed by atoms with Crippen LogP contribution in [-0.4, -0.2) is 16.1 Å². The second-order valence-electron chi connectivity index (χ2n) is 5.33. The van der Waals surface area contributed by atoms with E-state index in [-0.39, 0.29) is 17.1 Å². The normalized spacial score (nSPS) is 17.3. The van der Waals surface area contributed by atoms with Crippen molar-refractivity contribution in [1.29, 1.82) is 0 Å². The Hall–Kier alpha value is -2.33. The zero-order chi connectivity index (χ0) is 16.6. The molecule has 1 aliphatic rings. The van der Waals surface area contributed by atoms with Gasteiger partial charge in [0.2, 0.25) is 0 Å². The van der Waals surface area contributed by atoms with Gasteiger partial charge >= 0.3 is 0 Å². The van der Waals surface area contributed by atoms with Crippen LogP contribution in [0, 0.1) is 17.3 Å². The van der Waals surface area contributed by atoms with E-state index >= 15 is 0 Å². The third kappa shape index (κ3) is 2.94. The summed E-state index contributed by atoms with van der Waals surface area (Å²) < 4.78 is 0. The van der Waals surface area contributed by atoms with E-state index < -0.39 is 10.5 Å². The van der Waals surface area contributed by atoms with Crippen molar-refractivity contribution >= 4 is 22.8 Å². The number of hydrazone groups is 1. The lowest BCUT2D eigenvalue weighted by molar-refractivity contribution is -0.996. The molecule has 8 nitrogen and oxygen atoms in total. The van der Waals surface area contributed by atoms with Crippen molar-refractivity contribution in [3.8, 4) is 0 Å². The Morgan fingerprint density at radius 1 is 1.13 bits per heavy atom. The van der Waals surface area contributed by atoms with Gasteiger partial charge in [0.05, 0.1) is 11.8 Å². The van der Waals surface area contributed by atoms with E-state index in [1.54, 1.807) is 0 Å². The first-order valence-electron chi connectivity index (χ1n) is 6.99. The number of fused-ring (bicyclic) bond motifs is 1. The molecule has 0 amide bonds. The molecule has 2 aromatic carbocycles. The summed E-state index contributed by atoms with van der Waals surface area (Å²) in [6, 6.07) is 9.90. The maximum absolute atomic E-state index is 11.3. The molecule has 0 fully saturated rings. The van der Waals surface area contributed by atoms with Gasteiger partial charge in [-0.05, 0) is 24.1 Å². The third-order valence-electron chi connectivity index (χ3n) is 3.81. The van der Waals surface area contributed by atoms with E-state index in [1.165, 1.54) is 17.7 Å². The highest BCUT2D eigenvalue weighted by Gasteiger charge is 2.23. The summed E-state index contributed by atoms with van der Waals surface area (Å²) in [5.41, 5.74) is 7.07. The van der Waals surface area contributed by atoms with Gasteiger partial charge in [-0.3, -0.25) is 5.43 Å². The fourth-order valence-electron chi connectivity index (χ4n) is 2.63. The molecule has 0 bridgehead atoms. The largest absolute Gasteiger partial charge is 0.595 e. The molecule has 0 radical (unpaired) electrons. The maximum atomic E-state index is 11.3. The van der Waals surface area contributed by atoms with Gasteiger partial charge in [0, 0.05) is 18.1 Å². The fraction of sp³-hybridized carbons (Fsp3) is 0.133. The van der Waals surface area contributed by atoms with Crippen LogP contribution in [0.2, 0.25) is 0 Å². The molecule has 0 saturated carbocycles. The molecular formula is C15H16N4O4. The van der Waals surface area contributed by atoms with Crippen molar-refractivity contribution in [3.63, 3.8) is 0 Å². The number of nitrogens with one attached hydrogen (secondary N) is 3. The molecule has 120 valence electrons. The average molecular weight is 316 g/mol. The van der Waals surface area contributed by atoms with Crippen molar-refractivity contribution in [2.24, 2.45) is 5.10 Å². The van der Waals surface area contributed by atoms with Gasteiger partial charge < -0.3 is 10.4 Å². The Morgan fingerprint density at radius 3 is 2.57 bits per heavy atom. The molecule has 0 spiro atoms. The van der Waals surface area contributed by atoms with Crippen LogP contribution in [-0.2, 0) is 6.42 Å². The van der Waals surface area contributed by atoms with Gasteiger partial charge in [-0.15, -0.1) is 0 Å². The highest BCUT2D eigenvalue weighted by Crippen LogP contribution is 2.27. The van der Waals surface area contributed by atoms with Crippen LogP contribution in [0.15, 0.2) is 41.5 Å². The van der Waals surface area contributed by atoms with E-state index in [0.717, 1.165) is 29.3 Å². The van der Waals surface area contributed by atoms with Crippen LogP contribution in [0.5, 0.6) is 0 Å². The highest BCUT2D eigenvalue weighted by molar-refractivity contribution is 6.11. The summed E-state index contributed by atoms with van der Waals surface area (Å²) >= 11 is 0. The Bertz CT molecular complexity index is 760. The number of benzene rings is 2. The number of quaternary nitrogens is 2. The van der Waals surface area contributed by atoms with Gasteiger partial charge in [0.25, 0.3) is 0 Å². The molecular weight excluding hydrogens is 300 g/mol. The summed E-state index contributed by atoms with van der Waals surface area (Å²) in [7, 11) is 0. The number of hydrogen-bond donors (Lipinski definition) is 5. The van der Waals surface area contributed by atoms with Gasteiger partial charge in [-0.25, -0.2) is 10.4 Å². The minimum Gasteiger partial charge on any atom is -0.595 e. The summed E-state index contributed by atoms with van der Waals surface area (Å²) in [5.74, 6) is 0. The monoisotopic (exact) mass is 316 g/mol. The number of nitrogens with zero attached hydrogens (tertiary/aromatic N) is 1. The van der Waals surface area contributed by atoms with Crippen molar-refractivity contribution in [3.05, 3.63) is 63.5 Å². The molecule has 0 aliphatic heterocycles. The zero-order valence-electron chi connectivity index (χ0n) is 12.3. The predicted octanol–water partition coefficient (Wildman–Crippen LogP) is 0.174. The zero-order valence-corrected chi connectivity index (χ0v) is 12.3. The lowest BCUT2D eigenvalue weighted by Crippen LogP contribution is -3.00. The first kappa shape index (κ1) is 15.6. The smallest absolute Gasteiger partial charge is 0.195 e. The van der Waals surface area contributed by atoms with Crippen molar-refractivity contribution in [1.82, 2.24) is 0 Å². The lowest BCUT2D eigenvalue weighted by atomic mass is 9.83. The van der Waals surface area contributed by atoms with E-state index in [9.17, 15) is 15.6 Å². The molecule has 2 unspecified atom stereocenters. The number of anilines is 1. The molecule has 3 rings (SSSR count). The minimum atomic E-state index is -1.21. The second-order valence-corrected chi connectivity index (χ2v) is 5.33. The molecule has 23 heavy (non-hydrogen) atoms. The summed E-state index contributed by atoms with van der Waals surface area (Å²) in [6.07, 6.45) is 0.722. The van der Waals surface area contributed by atoms with E-state index in [1.807, 2.05) is 25.1 Å². The Labute approximate surface area is 132 Å². The average Bonchev–Trinajstić information content (AvgIpc) is 2.48. The number of aryl methyl sites for hydroxylation is 1. The number of rotatable bonds is 4. The van der Waals surface area contributed by atoms with Gasteiger partial charge in [-0.2, -0.15) is 15.6 Å². The Balaban J connectivity index is 1.87. The first-order valence-corrected chi connectivity index (χ1v) is 6.99. The minimum absolute atomic E-state index is 0.0783. The SMILES string of the molecule is Cc1cccc2c1C(=NNc1ccc([NH+]([O-])O)cc1[NH+]([O-])O)C2. The van der Waals surface area contributed by atoms with Crippen LogP contribution >= 0.6 is 0 Å². The Morgan fingerprint density at radius 2 is 1.91 bits per heavy atom. The highest BCUT2D eigenvalue weighted by atomic mass is 16.8. The first-order chi connectivity index (χ1) is 11.0. The predicted molar refractivity (Wildman–Crippen MR) is 83.0 cm³/mol. The standard InChI is InChI=1S/C15H16N4O4/c1-9-3-2-4-10-7-13(15(9)10)17-16-12-6-5-11(18(20)21)8-14(12)19(22)23/h2-6,8,16,18-20,22H,7H2,1H3. The second kappa shape index (κ2) is 6.05. The molecule has 2 aromatic rings. The molecule has 0 heterocycles. The topological polar surface area (TPSA) is 120 Å². The molecule has 0 aromatic heterocycles.